The van der Waals surface area contributed by atoms with E-state index in [9.17, 15) is 9.59 Å². The van der Waals surface area contributed by atoms with Gasteiger partial charge >= 0.3 is 0 Å². The molecule has 0 fully saturated rings. The van der Waals surface area contributed by atoms with Crippen molar-refractivity contribution >= 4 is 40.0 Å². The number of amides is 2. The topological polar surface area (TPSA) is 75.2 Å². The first-order valence-electron chi connectivity index (χ1n) is 7.52. The third-order valence-electron chi connectivity index (χ3n) is 3.32. The Labute approximate surface area is 140 Å². The van der Waals surface area contributed by atoms with Crippen LogP contribution in [0.15, 0.2) is 36.5 Å². The van der Waals surface area contributed by atoms with Gasteiger partial charge in [0.2, 0.25) is 5.91 Å². The number of fused-ring (bicyclic) bond motifs is 1. The monoisotopic (exact) mass is 332 g/mol. The number of hydrogen-bond donors (Lipinski definition) is 3. The number of carbonyl (C=O) groups excluding carboxylic acids is 2. The molecule has 0 spiro atoms. The van der Waals surface area contributed by atoms with Crippen LogP contribution in [0.3, 0.4) is 0 Å². The molecule has 0 radical (unpaired) electrons. The normalized spacial score (nSPS) is 10.3. The summed E-state index contributed by atoms with van der Waals surface area (Å²) < 4.78 is 1.84. The third kappa shape index (κ3) is 5.07. The summed E-state index contributed by atoms with van der Waals surface area (Å²) in [5.41, 5.74) is 6.00. The van der Waals surface area contributed by atoms with Crippen LogP contribution in [-0.2, 0) is 16.1 Å². The molecule has 6 nitrogen and oxygen atoms in total. The quantitative estimate of drug-likeness (QED) is 0.577. The Morgan fingerprint density at radius 2 is 1.91 bits per heavy atom. The molecule has 0 bridgehead atoms. The molecule has 0 saturated heterocycles. The van der Waals surface area contributed by atoms with Gasteiger partial charge in [-0.25, -0.2) is 0 Å². The van der Waals surface area contributed by atoms with Gasteiger partial charge in [0.05, 0.1) is 0 Å². The number of thiocarbonyl (C=S) groups is 1. The maximum absolute atomic E-state index is 11.9. The van der Waals surface area contributed by atoms with Gasteiger partial charge in [-0.15, -0.1) is 0 Å². The highest BCUT2D eigenvalue weighted by Crippen LogP contribution is 2.14. The van der Waals surface area contributed by atoms with E-state index in [1.165, 1.54) is 0 Å². The van der Waals surface area contributed by atoms with Crippen molar-refractivity contribution in [3.63, 3.8) is 0 Å². The Hall–Kier alpha value is -2.41. The molecule has 0 unspecified atom stereocenters. The second-order valence-corrected chi connectivity index (χ2v) is 5.56. The van der Waals surface area contributed by atoms with Gasteiger partial charge in [0.1, 0.15) is 6.54 Å². The number of benzene rings is 1. The Bertz CT molecular complexity index is 711. The fraction of sp³-hybridized carbons (Fsp3) is 0.312. The van der Waals surface area contributed by atoms with Crippen molar-refractivity contribution in [2.45, 2.75) is 32.7 Å². The zero-order valence-corrected chi connectivity index (χ0v) is 13.8. The lowest BCUT2D eigenvalue weighted by atomic mass is 10.2. The lowest BCUT2D eigenvalue weighted by Gasteiger charge is -2.11. The smallest absolute Gasteiger partial charge is 0.258 e. The minimum atomic E-state index is -0.253. The third-order valence-corrected chi connectivity index (χ3v) is 3.52. The molecule has 0 aliphatic rings. The average Bonchev–Trinajstić information content (AvgIpc) is 2.94. The minimum absolute atomic E-state index is 0.0943. The Kier molecular flexibility index (Phi) is 6.10. The summed E-state index contributed by atoms with van der Waals surface area (Å²) in [5, 5.41) is 3.69. The number of rotatable bonds is 5. The summed E-state index contributed by atoms with van der Waals surface area (Å²) in [6, 6.07) is 9.77. The molecular weight excluding hydrogens is 312 g/mol. The van der Waals surface area contributed by atoms with Gasteiger partial charge in [0, 0.05) is 18.1 Å². The molecule has 0 saturated carbocycles. The second kappa shape index (κ2) is 8.28. The maximum atomic E-state index is 11.9. The Morgan fingerprint density at radius 3 is 2.70 bits per heavy atom. The predicted molar refractivity (Wildman–Crippen MR) is 93.5 cm³/mol. The lowest BCUT2D eigenvalue weighted by molar-refractivity contribution is -0.122. The van der Waals surface area contributed by atoms with Crippen LogP contribution in [0.5, 0.6) is 0 Å². The number of aromatic nitrogens is 1. The van der Waals surface area contributed by atoms with Crippen LogP contribution in [0.4, 0.5) is 0 Å². The van der Waals surface area contributed by atoms with Crippen molar-refractivity contribution in [2.75, 3.05) is 0 Å². The first-order valence-corrected chi connectivity index (χ1v) is 7.93. The van der Waals surface area contributed by atoms with Crippen molar-refractivity contribution in [1.82, 2.24) is 20.7 Å². The van der Waals surface area contributed by atoms with Gasteiger partial charge in [-0.1, -0.05) is 31.5 Å². The van der Waals surface area contributed by atoms with Crippen LogP contribution in [0.2, 0.25) is 0 Å². The highest BCUT2D eigenvalue weighted by molar-refractivity contribution is 7.80. The van der Waals surface area contributed by atoms with Crippen molar-refractivity contribution < 1.29 is 9.59 Å². The molecule has 7 heteroatoms. The van der Waals surface area contributed by atoms with Crippen molar-refractivity contribution in [3.8, 4) is 0 Å². The van der Waals surface area contributed by atoms with Crippen LogP contribution >= 0.6 is 12.2 Å². The number of unbranched alkanes of at least 4 members (excludes halogenated alkanes) is 1. The second-order valence-electron chi connectivity index (χ2n) is 5.16. The molecule has 0 atom stereocenters. The molecule has 23 heavy (non-hydrogen) atoms. The van der Waals surface area contributed by atoms with Crippen LogP contribution < -0.4 is 16.2 Å². The summed E-state index contributed by atoms with van der Waals surface area (Å²) in [6.45, 7) is 2.17. The molecule has 1 heterocycles. The Balaban J connectivity index is 1.79. The van der Waals surface area contributed by atoms with Crippen molar-refractivity contribution in [2.24, 2.45) is 0 Å². The van der Waals surface area contributed by atoms with E-state index in [0.717, 1.165) is 23.7 Å². The first-order chi connectivity index (χ1) is 11.1. The highest BCUT2D eigenvalue weighted by Gasteiger charge is 2.07. The minimum Gasteiger partial charge on any atom is -0.338 e. The van der Waals surface area contributed by atoms with Gasteiger partial charge in [-0.05, 0) is 36.2 Å². The summed E-state index contributed by atoms with van der Waals surface area (Å²) in [7, 11) is 0. The van der Waals surface area contributed by atoms with E-state index in [-0.39, 0.29) is 23.5 Å². The number of nitrogens with zero attached hydrogens (tertiary/aromatic N) is 1. The fourth-order valence-electron chi connectivity index (χ4n) is 2.16. The van der Waals surface area contributed by atoms with E-state index in [2.05, 4.69) is 16.2 Å². The largest absolute Gasteiger partial charge is 0.338 e. The predicted octanol–water partition coefficient (Wildman–Crippen LogP) is 1.85. The van der Waals surface area contributed by atoms with Crippen LogP contribution in [0, 0.1) is 0 Å². The lowest BCUT2D eigenvalue weighted by Crippen LogP contribution is -2.49. The summed E-state index contributed by atoms with van der Waals surface area (Å²) >= 11 is 4.96. The van der Waals surface area contributed by atoms with Gasteiger partial charge < -0.3 is 9.88 Å². The molecule has 3 N–H and O–H groups in total. The van der Waals surface area contributed by atoms with Crippen LogP contribution in [0.1, 0.15) is 26.2 Å². The average molecular weight is 332 g/mol. The Morgan fingerprint density at radius 1 is 1.13 bits per heavy atom. The summed E-state index contributed by atoms with van der Waals surface area (Å²) in [4.78, 5) is 23.5. The molecule has 0 aliphatic carbocycles. The van der Waals surface area contributed by atoms with Crippen molar-refractivity contribution in [3.05, 3.63) is 36.5 Å². The molecule has 2 amide bonds. The van der Waals surface area contributed by atoms with Crippen LogP contribution in [0.25, 0.3) is 10.9 Å². The van der Waals surface area contributed by atoms with Crippen molar-refractivity contribution in [1.29, 1.82) is 0 Å². The molecule has 1 aromatic carbocycles. The number of para-hydroxylation sites is 1. The summed E-state index contributed by atoms with van der Waals surface area (Å²) in [6.07, 6.45) is 4.02. The highest BCUT2D eigenvalue weighted by atomic mass is 32.1. The number of hydrogen-bond acceptors (Lipinski definition) is 3. The zero-order valence-electron chi connectivity index (χ0n) is 13.0. The number of hydrazine groups is 1. The van der Waals surface area contributed by atoms with E-state index >= 15 is 0 Å². The molecule has 0 aliphatic heterocycles. The van der Waals surface area contributed by atoms with Crippen LogP contribution in [-0.4, -0.2) is 21.5 Å². The van der Waals surface area contributed by atoms with Gasteiger partial charge in [-0.3, -0.25) is 20.4 Å². The van der Waals surface area contributed by atoms with Gasteiger partial charge in [0.15, 0.2) is 5.11 Å². The number of nitrogens with one attached hydrogen (secondary N) is 3. The van der Waals surface area contributed by atoms with Gasteiger partial charge in [0.25, 0.3) is 5.91 Å². The molecule has 2 rings (SSSR count). The molecule has 1 aromatic heterocycles. The van der Waals surface area contributed by atoms with E-state index in [4.69, 9.17) is 12.2 Å². The SMILES string of the molecule is CCCCC(=O)NC(=S)NNC(=O)Cn1ccc2ccccc21. The standard InChI is InChI=1S/C16H20N4O2S/c1-2-3-8-14(21)17-16(23)19-18-15(22)11-20-10-9-12-6-4-5-7-13(12)20/h4-7,9-10H,2-3,8,11H2,1H3,(H,18,22)(H2,17,19,21,23). The van der Waals surface area contributed by atoms with E-state index < -0.39 is 0 Å². The molecular formula is C16H20N4O2S. The molecule has 122 valence electrons. The first kappa shape index (κ1) is 17.0. The van der Waals surface area contributed by atoms with E-state index in [0.29, 0.717) is 6.42 Å². The van der Waals surface area contributed by atoms with Gasteiger partial charge in [-0.2, -0.15) is 0 Å². The van der Waals surface area contributed by atoms with E-state index in [1.54, 1.807) is 0 Å². The summed E-state index contributed by atoms with van der Waals surface area (Å²) in [5.74, 6) is -0.411. The fourth-order valence-corrected chi connectivity index (χ4v) is 2.32. The van der Waals surface area contributed by atoms with E-state index in [1.807, 2.05) is 48.0 Å². The molecule has 2 aromatic rings. The number of carbonyl (C=O) groups is 2. The maximum Gasteiger partial charge on any atom is 0.258 e. The zero-order chi connectivity index (χ0) is 16.7.